The van der Waals surface area contributed by atoms with Crippen molar-refractivity contribution in [3.63, 3.8) is 0 Å². The zero-order valence-electron chi connectivity index (χ0n) is 6.36. The van der Waals surface area contributed by atoms with Gasteiger partial charge in [-0.25, -0.2) is 0 Å². The molecule has 3 nitrogen and oxygen atoms in total. The lowest BCUT2D eigenvalue weighted by Crippen LogP contribution is -1.77. The molecule has 0 amide bonds. The number of pyridine rings is 1. The molecule has 0 bridgehead atoms. The van der Waals surface area contributed by atoms with E-state index in [1.165, 1.54) is 6.20 Å². The molecule has 0 aliphatic carbocycles. The minimum Gasteiger partial charge on any atom is -0.259 e. The van der Waals surface area contributed by atoms with Crippen LogP contribution in [0.4, 0.5) is 5.69 Å². The summed E-state index contributed by atoms with van der Waals surface area (Å²) < 4.78 is 0. The van der Waals surface area contributed by atoms with Gasteiger partial charge in [-0.05, 0) is 19.1 Å². The molecule has 1 aromatic heterocycles. The molecule has 0 unspecified atom stereocenters. The van der Waals surface area contributed by atoms with Crippen LogP contribution in [-0.2, 0) is 0 Å². The summed E-state index contributed by atoms with van der Waals surface area (Å²) in [6.45, 7) is 5.31. The number of aromatic nitrogens is 1. The fraction of sp³-hybridized carbons (Fsp3) is 0.125. The van der Waals surface area contributed by atoms with Crippen molar-refractivity contribution >= 4 is 5.69 Å². The first-order chi connectivity index (χ1) is 5.34. The summed E-state index contributed by atoms with van der Waals surface area (Å²) in [5.41, 5.74) is 1.66. The molecule has 0 spiro atoms. The van der Waals surface area contributed by atoms with Crippen LogP contribution < -0.4 is 0 Å². The Morgan fingerprint density at radius 3 is 3.09 bits per heavy atom. The molecule has 1 rings (SSSR count). The minimum absolute atomic E-state index is 0.785. The Morgan fingerprint density at radius 1 is 1.64 bits per heavy atom. The summed E-state index contributed by atoms with van der Waals surface area (Å²) in [5, 5.41) is 7.52. The average Bonchev–Trinajstić information content (AvgIpc) is 2.03. The summed E-state index contributed by atoms with van der Waals surface area (Å²) in [6, 6.07) is 3.68. The van der Waals surface area contributed by atoms with Crippen molar-refractivity contribution in [3.05, 3.63) is 36.8 Å². The number of azo groups is 1. The third-order valence-corrected chi connectivity index (χ3v) is 1.23. The second-order valence-electron chi connectivity index (χ2n) is 2.01. The Morgan fingerprint density at radius 2 is 2.45 bits per heavy atom. The van der Waals surface area contributed by atoms with Crippen LogP contribution in [-0.4, -0.2) is 4.98 Å². The summed E-state index contributed by atoms with van der Waals surface area (Å²) in [5.74, 6) is 0. The second kappa shape index (κ2) is 3.61. The van der Waals surface area contributed by atoms with E-state index in [4.69, 9.17) is 0 Å². The van der Waals surface area contributed by atoms with Crippen molar-refractivity contribution in [2.24, 2.45) is 10.2 Å². The van der Waals surface area contributed by atoms with Crippen molar-refractivity contribution < 1.29 is 0 Å². The van der Waals surface area contributed by atoms with Gasteiger partial charge in [0.2, 0.25) is 0 Å². The molecule has 0 aliphatic rings. The summed E-state index contributed by atoms with van der Waals surface area (Å²) in [7, 11) is 0. The van der Waals surface area contributed by atoms with Gasteiger partial charge in [-0.1, -0.05) is 6.58 Å². The van der Waals surface area contributed by atoms with Gasteiger partial charge < -0.3 is 0 Å². The van der Waals surface area contributed by atoms with Crippen LogP contribution in [0, 0.1) is 6.92 Å². The maximum Gasteiger partial charge on any atom is 0.107 e. The summed E-state index contributed by atoms with van der Waals surface area (Å²) in [4.78, 5) is 4.04. The molecule has 0 aliphatic heterocycles. The van der Waals surface area contributed by atoms with E-state index in [2.05, 4.69) is 21.8 Å². The highest BCUT2D eigenvalue weighted by molar-refractivity contribution is 5.39. The van der Waals surface area contributed by atoms with Crippen LogP contribution in [0.5, 0.6) is 0 Å². The molecular weight excluding hydrogens is 138 g/mol. The van der Waals surface area contributed by atoms with Crippen LogP contribution in [0.1, 0.15) is 5.69 Å². The lowest BCUT2D eigenvalue weighted by molar-refractivity contribution is 1.13. The predicted octanol–water partition coefficient (Wildman–Crippen LogP) is 2.62. The van der Waals surface area contributed by atoms with Crippen LogP contribution in [0.2, 0.25) is 0 Å². The third kappa shape index (κ3) is 1.97. The zero-order valence-corrected chi connectivity index (χ0v) is 6.36. The number of hydrogen-bond donors (Lipinski definition) is 0. The highest BCUT2D eigenvalue weighted by Crippen LogP contribution is 2.14. The van der Waals surface area contributed by atoms with E-state index in [0.717, 1.165) is 11.4 Å². The maximum absolute atomic E-state index is 4.04. The molecular formula is C8H9N3. The van der Waals surface area contributed by atoms with Crippen LogP contribution in [0.15, 0.2) is 41.3 Å². The molecule has 3 heteroatoms. The molecule has 1 aromatic rings. The molecule has 11 heavy (non-hydrogen) atoms. The molecule has 0 saturated carbocycles. The molecule has 0 atom stereocenters. The molecule has 56 valence electrons. The first kappa shape index (κ1) is 7.60. The first-order valence-corrected chi connectivity index (χ1v) is 3.28. The maximum atomic E-state index is 4.04. The standard InChI is InChI=1S/C8H9N3/c1-3-10-11-8-5-4-6-9-7(8)2/h3-6H,1H2,2H3/b11-10-. The van der Waals surface area contributed by atoms with Gasteiger partial charge >= 0.3 is 0 Å². The normalized spacial score (nSPS) is 10.3. The molecule has 0 radical (unpaired) electrons. The molecule has 0 aromatic carbocycles. The highest BCUT2D eigenvalue weighted by Gasteiger charge is 1.92. The Kier molecular flexibility index (Phi) is 2.49. The van der Waals surface area contributed by atoms with E-state index in [1.54, 1.807) is 6.20 Å². The van der Waals surface area contributed by atoms with Gasteiger partial charge in [0.15, 0.2) is 0 Å². The van der Waals surface area contributed by atoms with E-state index in [1.807, 2.05) is 19.1 Å². The fourth-order valence-electron chi connectivity index (χ4n) is 0.684. The Balaban J connectivity index is 2.94. The van der Waals surface area contributed by atoms with Crippen LogP contribution >= 0.6 is 0 Å². The van der Waals surface area contributed by atoms with Crippen molar-refractivity contribution in [2.75, 3.05) is 0 Å². The predicted molar refractivity (Wildman–Crippen MR) is 43.7 cm³/mol. The number of nitrogens with zero attached hydrogens (tertiary/aromatic N) is 3. The highest BCUT2D eigenvalue weighted by atomic mass is 15.1. The third-order valence-electron chi connectivity index (χ3n) is 1.23. The first-order valence-electron chi connectivity index (χ1n) is 3.28. The number of rotatable bonds is 2. The molecule has 0 fully saturated rings. The summed E-state index contributed by atoms with van der Waals surface area (Å²) >= 11 is 0. The van der Waals surface area contributed by atoms with Gasteiger partial charge in [-0.15, -0.1) is 5.11 Å². The van der Waals surface area contributed by atoms with Gasteiger partial charge in [0.25, 0.3) is 0 Å². The van der Waals surface area contributed by atoms with Gasteiger partial charge in [0.1, 0.15) is 5.69 Å². The van der Waals surface area contributed by atoms with Crippen molar-refractivity contribution in [1.82, 2.24) is 4.98 Å². The van der Waals surface area contributed by atoms with Crippen LogP contribution in [0.25, 0.3) is 0 Å². The van der Waals surface area contributed by atoms with Gasteiger partial charge in [0, 0.05) is 12.4 Å². The summed E-state index contributed by atoms with van der Waals surface area (Å²) in [6.07, 6.45) is 3.12. The lowest BCUT2D eigenvalue weighted by atomic mass is 10.3. The molecule has 0 N–H and O–H groups in total. The van der Waals surface area contributed by atoms with E-state index < -0.39 is 0 Å². The average molecular weight is 147 g/mol. The zero-order chi connectivity index (χ0) is 8.10. The minimum atomic E-state index is 0.785. The number of hydrogen-bond acceptors (Lipinski definition) is 3. The van der Waals surface area contributed by atoms with E-state index in [9.17, 15) is 0 Å². The Labute approximate surface area is 65.5 Å². The Bertz CT molecular complexity index is 278. The molecule has 1 heterocycles. The lowest BCUT2D eigenvalue weighted by Gasteiger charge is -1.93. The topological polar surface area (TPSA) is 37.6 Å². The quantitative estimate of drug-likeness (QED) is 0.592. The van der Waals surface area contributed by atoms with E-state index >= 15 is 0 Å². The smallest absolute Gasteiger partial charge is 0.107 e. The van der Waals surface area contributed by atoms with E-state index in [-0.39, 0.29) is 0 Å². The molecule has 0 saturated heterocycles. The van der Waals surface area contributed by atoms with Gasteiger partial charge in [0.05, 0.1) is 5.69 Å². The van der Waals surface area contributed by atoms with Crippen molar-refractivity contribution in [3.8, 4) is 0 Å². The van der Waals surface area contributed by atoms with Crippen molar-refractivity contribution in [2.45, 2.75) is 6.92 Å². The fourth-order valence-corrected chi connectivity index (χ4v) is 0.684. The van der Waals surface area contributed by atoms with Crippen LogP contribution in [0.3, 0.4) is 0 Å². The number of aryl methyl sites for hydroxylation is 1. The Hall–Kier alpha value is -1.51. The van der Waals surface area contributed by atoms with E-state index in [0.29, 0.717) is 0 Å². The van der Waals surface area contributed by atoms with Gasteiger partial charge in [-0.2, -0.15) is 5.11 Å². The second-order valence-corrected chi connectivity index (χ2v) is 2.01. The monoisotopic (exact) mass is 147 g/mol. The SMILES string of the molecule is C=C/N=N\c1cccnc1C. The van der Waals surface area contributed by atoms with Crippen molar-refractivity contribution in [1.29, 1.82) is 0 Å². The largest absolute Gasteiger partial charge is 0.259 e. The van der Waals surface area contributed by atoms with Gasteiger partial charge in [-0.3, -0.25) is 4.98 Å².